The maximum atomic E-state index is 13.5. The van der Waals surface area contributed by atoms with Crippen LogP contribution in [0.2, 0.25) is 0 Å². The Morgan fingerprint density at radius 3 is 2.17 bits per heavy atom. The van der Waals surface area contributed by atoms with Crippen molar-refractivity contribution in [3.63, 3.8) is 0 Å². The van der Waals surface area contributed by atoms with Crippen LogP contribution in [0.1, 0.15) is 24.2 Å². The van der Waals surface area contributed by atoms with Gasteiger partial charge in [0.05, 0.1) is 0 Å². The van der Waals surface area contributed by atoms with E-state index in [1.165, 1.54) is 4.90 Å². The van der Waals surface area contributed by atoms with E-state index >= 15 is 0 Å². The number of benzene rings is 1. The van der Waals surface area contributed by atoms with Crippen molar-refractivity contribution < 1.29 is 18.0 Å². The molecule has 0 spiro atoms. The Hall–Kier alpha value is -1.56. The van der Waals surface area contributed by atoms with Crippen molar-refractivity contribution in [2.45, 2.75) is 19.9 Å². The summed E-state index contributed by atoms with van der Waals surface area (Å²) in [6.45, 7) is 3.75. The molecule has 0 unspecified atom stereocenters. The van der Waals surface area contributed by atoms with E-state index in [4.69, 9.17) is 5.73 Å². The fourth-order valence-corrected chi connectivity index (χ4v) is 1.62. The Morgan fingerprint density at radius 1 is 1.28 bits per heavy atom. The third-order valence-corrected chi connectivity index (χ3v) is 2.47. The molecule has 0 fully saturated rings. The SMILES string of the molecule is CC(C)N(CCN)C(=O)c1c(F)cc(F)cc1F. The summed E-state index contributed by atoms with van der Waals surface area (Å²) in [7, 11) is 0. The quantitative estimate of drug-likeness (QED) is 0.899. The average molecular weight is 260 g/mol. The van der Waals surface area contributed by atoms with Gasteiger partial charge in [-0.25, -0.2) is 13.2 Å². The van der Waals surface area contributed by atoms with Crippen LogP contribution in [0.4, 0.5) is 13.2 Å². The Labute approximate surface area is 103 Å². The summed E-state index contributed by atoms with van der Waals surface area (Å²) in [5, 5.41) is 0. The number of carbonyl (C=O) groups is 1. The van der Waals surface area contributed by atoms with E-state index in [0.29, 0.717) is 12.1 Å². The van der Waals surface area contributed by atoms with Gasteiger partial charge in [-0.05, 0) is 13.8 Å². The van der Waals surface area contributed by atoms with Gasteiger partial charge in [-0.1, -0.05) is 0 Å². The molecule has 0 saturated heterocycles. The minimum Gasteiger partial charge on any atom is -0.335 e. The number of rotatable bonds is 4. The lowest BCUT2D eigenvalue weighted by atomic mass is 10.1. The first-order valence-corrected chi connectivity index (χ1v) is 5.54. The molecule has 0 aliphatic heterocycles. The van der Waals surface area contributed by atoms with Gasteiger partial charge in [0.15, 0.2) is 0 Å². The van der Waals surface area contributed by atoms with Crippen LogP contribution in [0.3, 0.4) is 0 Å². The van der Waals surface area contributed by atoms with Gasteiger partial charge in [0.1, 0.15) is 23.0 Å². The minimum absolute atomic E-state index is 0.173. The topological polar surface area (TPSA) is 46.3 Å². The molecule has 0 aromatic heterocycles. The number of halogens is 3. The summed E-state index contributed by atoms with van der Waals surface area (Å²) in [4.78, 5) is 13.2. The molecule has 0 aliphatic carbocycles. The first kappa shape index (κ1) is 14.5. The van der Waals surface area contributed by atoms with Gasteiger partial charge in [0.25, 0.3) is 5.91 Å². The van der Waals surface area contributed by atoms with E-state index in [1.54, 1.807) is 13.8 Å². The number of hydrogen-bond donors (Lipinski definition) is 1. The summed E-state index contributed by atoms with van der Waals surface area (Å²) in [6, 6.07) is 0.707. The zero-order valence-electron chi connectivity index (χ0n) is 10.2. The van der Waals surface area contributed by atoms with Gasteiger partial charge in [-0.2, -0.15) is 0 Å². The van der Waals surface area contributed by atoms with Crippen molar-refractivity contribution in [3.05, 3.63) is 35.1 Å². The number of nitrogens with two attached hydrogens (primary N) is 1. The summed E-state index contributed by atoms with van der Waals surface area (Å²) >= 11 is 0. The molecular weight excluding hydrogens is 245 g/mol. The lowest BCUT2D eigenvalue weighted by Crippen LogP contribution is -2.41. The fraction of sp³-hybridized carbons (Fsp3) is 0.417. The van der Waals surface area contributed by atoms with Gasteiger partial charge in [-0.3, -0.25) is 4.79 Å². The molecule has 0 aliphatic rings. The number of nitrogens with zero attached hydrogens (tertiary/aromatic N) is 1. The minimum atomic E-state index is -1.21. The molecule has 1 aromatic carbocycles. The van der Waals surface area contributed by atoms with Gasteiger partial charge in [-0.15, -0.1) is 0 Å². The average Bonchev–Trinajstić information content (AvgIpc) is 2.23. The zero-order chi connectivity index (χ0) is 13.9. The van der Waals surface area contributed by atoms with E-state index in [0.717, 1.165) is 0 Å². The maximum absolute atomic E-state index is 13.5. The molecule has 0 atom stereocenters. The zero-order valence-corrected chi connectivity index (χ0v) is 10.2. The lowest BCUT2D eigenvalue weighted by molar-refractivity contribution is 0.0701. The highest BCUT2D eigenvalue weighted by atomic mass is 19.1. The van der Waals surface area contributed by atoms with E-state index in [2.05, 4.69) is 0 Å². The van der Waals surface area contributed by atoms with Crippen LogP contribution in [0.25, 0.3) is 0 Å². The monoisotopic (exact) mass is 260 g/mol. The number of amides is 1. The largest absolute Gasteiger partial charge is 0.335 e. The van der Waals surface area contributed by atoms with Crippen molar-refractivity contribution in [3.8, 4) is 0 Å². The van der Waals surface area contributed by atoms with Gasteiger partial charge >= 0.3 is 0 Å². The third kappa shape index (κ3) is 3.01. The molecule has 0 heterocycles. The second-order valence-electron chi connectivity index (χ2n) is 4.13. The van der Waals surface area contributed by atoms with Crippen LogP contribution in [0.15, 0.2) is 12.1 Å². The van der Waals surface area contributed by atoms with Crippen molar-refractivity contribution in [2.24, 2.45) is 5.73 Å². The highest BCUT2D eigenvalue weighted by molar-refractivity contribution is 5.95. The van der Waals surface area contributed by atoms with Crippen LogP contribution in [0.5, 0.6) is 0 Å². The van der Waals surface area contributed by atoms with E-state index in [9.17, 15) is 18.0 Å². The third-order valence-electron chi connectivity index (χ3n) is 2.47. The van der Waals surface area contributed by atoms with Crippen molar-refractivity contribution in [1.29, 1.82) is 0 Å². The number of hydrogen-bond acceptors (Lipinski definition) is 2. The van der Waals surface area contributed by atoms with E-state index in [-0.39, 0.29) is 19.1 Å². The molecular formula is C12H15F3N2O. The molecule has 0 bridgehead atoms. The predicted octanol–water partition coefficient (Wildman–Crippen LogP) is 1.91. The molecule has 6 heteroatoms. The normalized spacial score (nSPS) is 10.8. The molecule has 1 amide bonds. The first-order chi connectivity index (χ1) is 8.38. The predicted molar refractivity (Wildman–Crippen MR) is 61.5 cm³/mol. The molecule has 18 heavy (non-hydrogen) atoms. The summed E-state index contributed by atoms with van der Waals surface area (Å²) < 4.78 is 39.7. The van der Waals surface area contributed by atoms with E-state index < -0.39 is 28.9 Å². The number of carbonyl (C=O) groups excluding carboxylic acids is 1. The van der Waals surface area contributed by atoms with Crippen LogP contribution in [-0.4, -0.2) is 29.9 Å². The molecule has 0 saturated carbocycles. The van der Waals surface area contributed by atoms with Crippen LogP contribution >= 0.6 is 0 Å². The molecule has 2 N–H and O–H groups in total. The summed E-state index contributed by atoms with van der Waals surface area (Å²) in [5.41, 5.74) is 4.59. The van der Waals surface area contributed by atoms with Crippen molar-refractivity contribution >= 4 is 5.91 Å². The molecule has 3 nitrogen and oxygen atoms in total. The standard InChI is InChI=1S/C12H15F3N2O/c1-7(2)17(4-3-16)12(18)11-9(14)5-8(13)6-10(11)15/h5-7H,3-4,16H2,1-2H3. The Bertz CT molecular complexity index is 426. The molecule has 1 aromatic rings. The highest BCUT2D eigenvalue weighted by Gasteiger charge is 2.25. The summed E-state index contributed by atoms with van der Waals surface area (Å²) in [5.74, 6) is -4.30. The molecule has 0 radical (unpaired) electrons. The lowest BCUT2D eigenvalue weighted by Gasteiger charge is -2.26. The van der Waals surface area contributed by atoms with Gasteiger partial charge in [0, 0.05) is 31.3 Å². The van der Waals surface area contributed by atoms with E-state index in [1.807, 2.05) is 0 Å². The highest BCUT2D eigenvalue weighted by Crippen LogP contribution is 2.18. The van der Waals surface area contributed by atoms with Gasteiger partial charge < -0.3 is 10.6 Å². The van der Waals surface area contributed by atoms with Crippen LogP contribution in [-0.2, 0) is 0 Å². The van der Waals surface area contributed by atoms with Gasteiger partial charge in [0.2, 0.25) is 0 Å². The van der Waals surface area contributed by atoms with Crippen molar-refractivity contribution in [2.75, 3.05) is 13.1 Å². The Morgan fingerprint density at radius 2 is 1.78 bits per heavy atom. The Balaban J connectivity index is 3.16. The smallest absolute Gasteiger partial charge is 0.260 e. The Kier molecular flexibility index (Phi) is 4.72. The second kappa shape index (κ2) is 5.86. The molecule has 1 rings (SSSR count). The van der Waals surface area contributed by atoms with Crippen LogP contribution < -0.4 is 5.73 Å². The second-order valence-corrected chi connectivity index (χ2v) is 4.13. The van der Waals surface area contributed by atoms with Crippen molar-refractivity contribution in [1.82, 2.24) is 4.90 Å². The fourth-order valence-electron chi connectivity index (χ4n) is 1.62. The van der Waals surface area contributed by atoms with Crippen LogP contribution in [0, 0.1) is 17.5 Å². The first-order valence-electron chi connectivity index (χ1n) is 5.54. The maximum Gasteiger partial charge on any atom is 0.260 e. The summed E-state index contributed by atoms with van der Waals surface area (Å²) in [6.07, 6.45) is 0. The molecule has 100 valence electrons.